The first-order valence-corrected chi connectivity index (χ1v) is 7.41. The van der Waals surface area contributed by atoms with Gasteiger partial charge < -0.3 is 4.74 Å². The van der Waals surface area contributed by atoms with Crippen LogP contribution < -0.4 is 4.74 Å². The number of benzene rings is 2. The van der Waals surface area contributed by atoms with Crippen LogP contribution in [0, 0.1) is 5.82 Å². The van der Waals surface area contributed by atoms with Gasteiger partial charge in [0.2, 0.25) is 0 Å². The molecule has 2 aromatic rings. The summed E-state index contributed by atoms with van der Waals surface area (Å²) in [5.74, 6) is 0.750. The molecule has 2 aromatic carbocycles. The van der Waals surface area contributed by atoms with Crippen LogP contribution in [0.1, 0.15) is 35.6 Å². The molecule has 1 heterocycles. The fourth-order valence-electron chi connectivity index (χ4n) is 2.78. The highest BCUT2D eigenvalue weighted by Gasteiger charge is 2.21. The molecule has 0 amide bonds. The Morgan fingerprint density at radius 3 is 2.76 bits per heavy atom. The first kappa shape index (κ1) is 13.9. The third-order valence-corrected chi connectivity index (χ3v) is 3.95. The summed E-state index contributed by atoms with van der Waals surface area (Å²) in [5.41, 5.74) is 3.64. The second kappa shape index (κ2) is 6.13. The van der Waals surface area contributed by atoms with Crippen LogP contribution in [0.2, 0.25) is 0 Å². The molecule has 1 atom stereocenters. The molecule has 1 nitrogen and oxygen atoms in total. The van der Waals surface area contributed by atoms with Gasteiger partial charge in [0.25, 0.3) is 0 Å². The lowest BCUT2D eigenvalue weighted by atomic mass is 9.95. The van der Waals surface area contributed by atoms with Crippen molar-refractivity contribution in [2.45, 2.75) is 31.8 Å². The molecule has 0 spiro atoms. The van der Waals surface area contributed by atoms with Gasteiger partial charge in [-0.2, -0.15) is 0 Å². The van der Waals surface area contributed by atoms with Crippen molar-refractivity contribution >= 4 is 0 Å². The van der Waals surface area contributed by atoms with Crippen molar-refractivity contribution < 1.29 is 9.13 Å². The van der Waals surface area contributed by atoms with Crippen molar-refractivity contribution in [2.75, 3.05) is 0 Å². The molecular weight excluding hydrogens is 263 g/mol. The lowest BCUT2D eigenvalue weighted by molar-refractivity contribution is 0.176. The van der Waals surface area contributed by atoms with Gasteiger partial charge in [-0.15, -0.1) is 6.58 Å². The largest absolute Gasteiger partial charge is 0.485 e. The van der Waals surface area contributed by atoms with E-state index in [0.717, 1.165) is 37.0 Å². The monoisotopic (exact) mass is 282 g/mol. The highest BCUT2D eigenvalue weighted by molar-refractivity contribution is 5.40. The maximum Gasteiger partial charge on any atom is 0.124 e. The molecule has 1 aliphatic heterocycles. The minimum Gasteiger partial charge on any atom is -0.485 e. The number of ether oxygens (including phenoxy) is 1. The molecule has 0 radical (unpaired) electrons. The Kier molecular flexibility index (Phi) is 4.05. The van der Waals surface area contributed by atoms with E-state index in [1.807, 2.05) is 18.2 Å². The topological polar surface area (TPSA) is 9.23 Å². The standard InChI is InChI=1S/C19H19FO/c1-2-3-4-14-5-11-19-16(13-14)8-12-18(21-19)15-6-9-17(20)10-7-15/h2,5-7,9-11,13,18H,1,3-4,8,12H2. The minimum absolute atomic E-state index is 0.0251. The van der Waals surface area contributed by atoms with Crippen LogP contribution in [0.4, 0.5) is 4.39 Å². The van der Waals surface area contributed by atoms with E-state index in [2.05, 4.69) is 24.8 Å². The molecule has 21 heavy (non-hydrogen) atoms. The zero-order valence-electron chi connectivity index (χ0n) is 12.0. The van der Waals surface area contributed by atoms with Crippen LogP contribution in [0.15, 0.2) is 55.1 Å². The molecule has 108 valence electrons. The highest BCUT2D eigenvalue weighted by atomic mass is 19.1. The number of halogens is 1. The average molecular weight is 282 g/mol. The Hall–Kier alpha value is -2.09. The summed E-state index contributed by atoms with van der Waals surface area (Å²) in [6.07, 6.45) is 5.93. The number of hydrogen-bond donors (Lipinski definition) is 0. The third-order valence-electron chi connectivity index (χ3n) is 3.95. The molecule has 1 unspecified atom stereocenters. The van der Waals surface area contributed by atoms with Gasteiger partial charge in [0.1, 0.15) is 17.7 Å². The van der Waals surface area contributed by atoms with Crippen molar-refractivity contribution in [2.24, 2.45) is 0 Å². The molecule has 0 saturated heterocycles. The SMILES string of the molecule is C=CCCc1ccc2c(c1)CCC(c1ccc(F)cc1)O2. The number of rotatable bonds is 4. The Labute approximate surface area is 125 Å². The van der Waals surface area contributed by atoms with Crippen molar-refractivity contribution in [3.8, 4) is 5.75 Å². The average Bonchev–Trinajstić information content (AvgIpc) is 2.53. The summed E-state index contributed by atoms with van der Waals surface area (Å²) in [6.45, 7) is 3.76. The van der Waals surface area contributed by atoms with Crippen LogP contribution in [0.25, 0.3) is 0 Å². The Morgan fingerprint density at radius 2 is 2.00 bits per heavy atom. The number of allylic oxidation sites excluding steroid dienone is 1. The molecule has 3 rings (SSSR count). The van der Waals surface area contributed by atoms with Gasteiger partial charge in [-0.1, -0.05) is 30.3 Å². The number of aryl methyl sites for hydroxylation is 2. The Bertz CT molecular complexity index is 631. The van der Waals surface area contributed by atoms with Crippen molar-refractivity contribution in [1.82, 2.24) is 0 Å². The normalized spacial score (nSPS) is 16.9. The summed E-state index contributed by atoms with van der Waals surface area (Å²) < 4.78 is 19.1. The van der Waals surface area contributed by atoms with E-state index in [0.29, 0.717) is 0 Å². The number of fused-ring (bicyclic) bond motifs is 1. The van der Waals surface area contributed by atoms with Crippen LogP contribution in [0.3, 0.4) is 0 Å². The zero-order valence-corrected chi connectivity index (χ0v) is 12.0. The molecule has 0 N–H and O–H groups in total. The lowest BCUT2D eigenvalue weighted by Crippen LogP contribution is -2.15. The smallest absolute Gasteiger partial charge is 0.124 e. The van der Waals surface area contributed by atoms with E-state index in [-0.39, 0.29) is 11.9 Å². The molecule has 0 saturated carbocycles. The van der Waals surface area contributed by atoms with E-state index >= 15 is 0 Å². The fourth-order valence-corrected chi connectivity index (χ4v) is 2.78. The summed E-state index contributed by atoms with van der Waals surface area (Å²) in [4.78, 5) is 0. The fraction of sp³-hybridized carbons (Fsp3) is 0.263. The summed E-state index contributed by atoms with van der Waals surface area (Å²) in [5, 5.41) is 0. The van der Waals surface area contributed by atoms with E-state index in [1.165, 1.54) is 23.3 Å². The van der Waals surface area contributed by atoms with Gasteiger partial charge in [-0.25, -0.2) is 4.39 Å². The van der Waals surface area contributed by atoms with Gasteiger partial charge in [0.05, 0.1) is 0 Å². The lowest BCUT2D eigenvalue weighted by Gasteiger charge is -2.27. The van der Waals surface area contributed by atoms with E-state index in [4.69, 9.17) is 4.74 Å². The van der Waals surface area contributed by atoms with Gasteiger partial charge in [-0.05, 0) is 60.6 Å². The molecule has 0 aliphatic carbocycles. The molecule has 2 heteroatoms. The second-order valence-corrected chi connectivity index (χ2v) is 5.47. The predicted octanol–water partition coefficient (Wildman–Crippen LogP) is 5.01. The molecule has 0 fully saturated rings. The van der Waals surface area contributed by atoms with E-state index in [9.17, 15) is 4.39 Å². The van der Waals surface area contributed by atoms with Crippen LogP contribution in [-0.2, 0) is 12.8 Å². The zero-order chi connectivity index (χ0) is 14.7. The van der Waals surface area contributed by atoms with Gasteiger partial charge in [-0.3, -0.25) is 0 Å². The number of hydrogen-bond acceptors (Lipinski definition) is 1. The van der Waals surface area contributed by atoms with Gasteiger partial charge >= 0.3 is 0 Å². The van der Waals surface area contributed by atoms with Crippen molar-refractivity contribution in [3.05, 3.63) is 77.6 Å². The first-order chi connectivity index (χ1) is 10.3. The van der Waals surface area contributed by atoms with Crippen LogP contribution in [-0.4, -0.2) is 0 Å². The summed E-state index contributed by atoms with van der Waals surface area (Å²) >= 11 is 0. The Morgan fingerprint density at radius 1 is 1.19 bits per heavy atom. The highest BCUT2D eigenvalue weighted by Crippen LogP contribution is 2.35. The van der Waals surface area contributed by atoms with Gasteiger partial charge in [0.15, 0.2) is 0 Å². The minimum atomic E-state index is -0.207. The molecular formula is C19H19FO. The maximum absolute atomic E-state index is 13.0. The summed E-state index contributed by atoms with van der Waals surface area (Å²) in [6, 6.07) is 13.0. The summed E-state index contributed by atoms with van der Waals surface area (Å²) in [7, 11) is 0. The van der Waals surface area contributed by atoms with Gasteiger partial charge in [0, 0.05) is 0 Å². The quantitative estimate of drug-likeness (QED) is 0.716. The van der Waals surface area contributed by atoms with Crippen LogP contribution in [0.5, 0.6) is 5.75 Å². The van der Waals surface area contributed by atoms with Crippen molar-refractivity contribution in [3.63, 3.8) is 0 Å². The molecule has 1 aliphatic rings. The second-order valence-electron chi connectivity index (χ2n) is 5.47. The third kappa shape index (κ3) is 3.15. The van der Waals surface area contributed by atoms with Crippen LogP contribution >= 0.6 is 0 Å². The van der Waals surface area contributed by atoms with E-state index in [1.54, 1.807) is 0 Å². The molecule has 0 bridgehead atoms. The predicted molar refractivity (Wildman–Crippen MR) is 83.1 cm³/mol. The first-order valence-electron chi connectivity index (χ1n) is 7.41. The Balaban J connectivity index is 1.76. The van der Waals surface area contributed by atoms with E-state index < -0.39 is 0 Å². The maximum atomic E-state index is 13.0. The molecule has 0 aromatic heterocycles. The van der Waals surface area contributed by atoms with Crippen molar-refractivity contribution in [1.29, 1.82) is 0 Å².